The Balaban J connectivity index is 1.69. The summed E-state index contributed by atoms with van der Waals surface area (Å²) in [5.74, 6) is 0.0932. The number of carbonyl (C=O) groups is 1. The molecule has 6 nitrogen and oxygen atoms in total. The summed E-state index contributed by atoms with van der Waals surface area (Å²) < 4.78 is 33.6. The van der Waals surface area contributed by atoms with Crippen molar-refractivity contribution in [3.8, 4) is 5.75 Å². The highest BCUT2D eigenvalue weighted by Crippen LogP contribution is 2.26. The molecular formula is C20H23BrN2O4S. The Bertz CT molecular complexity index is 914. The van der Waals surface area contributed by atoms with Crippen LogP contribution in [0.15, 0.2) is 57.9 Å². The van der Waals surface area contributed by atoms with Crippen LogP contribution < -0.4 is 10.1 Å². The monoisotopic (exact) mass is 466 g/mol. The molecule has 0 radical (unpaired) electrons. The average Bonchev–Trinajstić information content (AvgIpc) is 2.70. The second-order valence-electron chi connectivity index (χ2n) is 6.60. The number of hydrogen-bond donors (Lipinski definition) is 1. The third kappa shape index (κ3) is 4.92. The summed E-state index contributed by atoms with van der Waals surface area (Å²) in [5, 5.41) is 2.87. The van der Waals surface area contributed by atoms with Gasteiger partial charge in [0.25, 0.3) is 0 Å². The minimum absolute atomic E-state index is 0.158. The van der Waals surface area contributed by atoms with Gasteiger partial charge in [-0.25, -0.2) is 8.42 Å². The summed E-state index contributed by atoms with van der Waals surface area (Å²) in [6.45, 7) is 2.99. The quantitative estimate of drug-likeness (QED) is 0.700. The largest absolute Gasteiger partial charge is 0.494 e. The summed E-state index contributed by atoms with van der Waals surface area (Å²) in [6.07, 6.45) is 1.31. The zero-order valence-corrected chi connectivity index (χ0v) is 18.0. The zero-order valence-electron chi connectivity index (χ0n) is 15.6. The third-order valence-corrected chi connectivity index (χ3v) is 7.05. The number of ether oxygens (including phenoxy) is 1. The highest BCUT2D eigenvalue weighted by atomic mass is 79.9. The normalized spacial score (nSPS) is 17.9. The van der Waals surface area contributed by atoms with Gasteiger partial charge in [0.05, 0.1) is 17.4 Å². The molecule has 0 bridgehead atoms. The van der Waals surface area contributed by atoms with Gasteiger partial charge in [-0.3, -0.25) is 4.79 Å². The molecule has 0 aliphatic carbocycles. The molecule has 28 heavy (non-hydrogen) atoms. The van der Waals surface area contributed by atoms with Crippen LogP contribution in [0.4, 0.5) is 5.69 Å². The summed E-state index contributed by atoms with van der Waals surface area (Å²) in [7, 11) is -3.65. The van der Waals surface area contributed by atoms with Crippen molar-refractivity contribution in [1.29, 1.82) is 0 Å². The van der Waals surface area contributed by atoms with Gasteiger partial charge in [-0.15, -0.1) is 0 Å². The van der Waals surface area contributed by atoms with Gasteiger partial charge in [-0.2, -0.15) is 4.31 Å². The number of rotatable bonds is 6. The van der Waals surface area contributed by atoms with Crippen molar-refractivity contribution in [2.45, 2.75) is 24.7 Å². The first kappa shape index (κ1) is 20.8. The molecule has 0 unspecified atom stereocenters. The molecule has 8 heteroatoms. The molecule has 1 atom stereocenters. The van der Waals surface area contributed by atoms with Gasteiger partial charge in [0.15, 0.2) is 0 Å². The maximum absolute atomic E-state index is 13.0. The maximum Gasteiger partial charge on any atom is 0.243 e. The van der Waals surface area contributed by atoms with Crippen molar-refractivity contribution in [2.24, 2.45) is 5.92 Å². The van der Waals surface area contributed by atoms with Gasteiger partial charge in [-0.05, 0) is 68.3 Å². The molecule has 150 valence electrons. The van der Waals surface area contributed by atoms with Gasteiger partial charge < -0.3 is 10.1 Å². The van der Waals surface area contributed by atoms with Crippen molar-refractivity contribution in [1.82, 2.24) is 4.31 Å². The fourth-order valence-corrected chi connectivity index (χ4v) is 4.96. The lowest BCUT2D eigenvalue weighted by Gasteiger charge is -2.31. The van der Waals surface area contributed by atoms with E-state index in [1.807, 2.05) is 19.1 Å². The van der Waals surface area contributed by atoms with Crippen molar-refractivity contribution >= 4 is 37.5 Å². The minimum atomic E-state index is -3.65. The maximum atomic E-state index is 13.0. The Hall–Kier alpha value is -1.90. The topological polar surface area (TPSA) is 75.7 Å². The molecule has 1 amide bonds. The smallest absolute Gasteiger partial charge is 0.243 e. The van der Waals surface area contributed by atoms with Crippen molar-refractivity contribution < 1.29 is 17.9 Å². The van der Waals surface area contributed by atoms with E-state index in [1.165, 1.54) is 4.31 Å². The Morgan fingerprint density at radius 2 is 1.86 bits per heavy atom. The van der Waals surface area contributed by atoms with E-state index in [0.29, 0.717) is 37.4 Å². The molecule has 1 aliphatic heterocycles. The fraction of sp³-hybridized carbons (Fsp3) is 0.350. The molecule has 3 rings (SSSR count). The number of sulfonamides is 1. The zero-order chi connectivity index (χ0) is 20.1. The molecule has 0 spiro atoms. The van der Waals surface area contributed by atoms with Crippen molar-refractivity contribution in [3.05, 3.63) is 53.0 Å². The van der Waals surface area contributed by atoms with Crippen LogP contribution in [0.25, 0.3) is 0 Å². The molecule has 1 N–H and O–H groups in total. The van der Waals surface area contributed by atoms with Gasteiger partial charge in [0.2, 0.25) is 15.9 Å². The third-order valence-electron chi connectivity index (χ3n) is 4.64. The Morgan fingerprint density at radius 1 is 1.18 bits per heavy atom. The standard InChI is InChI=1S/C20H23BrN2O4S/c1-2-27-18-9-11-19(12-10-18)28(25,26)23-13-3-4-15(14-23)20(24)22-17-7-5-16(21)6-8-17/h5-12,15H,2-4,13-14H2,1H3,(H,22,24)/t15-/m0/s1. The lowest BCUT2D eigenvalue weighted by atomic mass is 9.99. The first-order valence-corrected chi connectivity index (χ1v) is 11.4. The summed E-state index contributed by atoms with van der Waals surface area (Å²) in [6, 6.07) is 13.7. The number of amides is 1. The number of halogens is 1. The van der Waals surface area contributed by atoms with Gasteiger partial charge in [-0.1, -0.05) is 15.9 Å². The molecule has 0 saturated carbocycles. The Kier molecular flexibility index (Phi) is 6.74. The van der Waals surface area contributed by atoms with E-state index in [1.54, 1.807) is 36.4 Å². The second-order valence-corrected chi connectivity index (χ2v) is 9.46. The van der Waals surface area contributed by atoms with Crippen LogP contribution in [-0.2, 0) is 14.8 Å². The number of piperidine rings is 1. The van der Waals surface area contributed by atoms with E-state index in [9.17, 15) is 13.2 Å². The van der Waals surface area contributed by atoms with Gasteiger partial charge in [0, 0.05) is 23.2 Å². The van der Waals surface area contributed by atoms with Crippen molar-refractivity contribution in [3.63, 3.8) is 0 Å². The Labute approximate surface area is 174 Å². The predicted octanol–water partition coefficient (Wildman–Crippen LogP) is 3.89. The predicted molar refractivity (Wildman–Crippen MR) is 112 cm³/mol. The number of carbonyl (C=O) groups excluding carboxylic acids is 1. The van der Waals surface area contributed by atoms with E-state index >= 15 is 0 Å². The summed E-state index contributed by atoms with van der Waals surface area (Å²) in [4.78, 5) is 12.8. The summed E-state index contributed by atoms with van der Waals surface area (Å²) in [5.41, 5.74) is 0.694. The van der Waals surface area contributed by atoms with E-state index in [0.717, 1.165) is 4.47 Å². The van der Waals surface area contributed by atoms with Gasteiger partial charge >= 0.3 is 0 Å². The van der Waals surface area contributed by atoms with Crippen LogP contribution in [0.2, 0.25) is 0 Å². The lowest BCUT2D eigenvalue weighted by molar-refractivity contribution is -0.120. The first-order chi connectivity index (χ1) is 13.4. The van der Waals surface area contributed by atoms with Crippen LogP contribution in [-0.4, -0.2) is 38.3 Å². The van der Waals surface area contributed by atoms with Crippen LogP contribution in [0.1, 0.15) is 19.8 Å². The average molecular weight is 467 g/mol. The van der Waals surface area contributed by atoms with Crippen LogP contribution in [0.3, 0.4) is 0 Å². The number of benzene rings is 2. The van der Waals surface area contributed by atoms with E-state index in [2.05, 4.69) is 21.2 Å². The van der Waals surface area contributed by atoms with Crippen LogP contribution in [0.5, 0.6) is 5.75 Å². The van der Waals surface area contributed by atoms with Crippen LogP contribution in [0, 0.1) is 5.92 Å². The highest BCUT2D eigenvalue weighted by molar-refractivity contribution is 9.10. The number of nitrogens with zero attached hydrogens (tertiary/aromatic N) is 1. The second kappa shape index (κ2) is 9.07. The molecule has 1 saturated heterocycles. The molecule has 0 aromatic heterocycles. The molecule has 1 aliphatic rings. The first-order valence-electron chi connectivity index (χ1n) is 9.19. The highest BCUT2D eigenvalue weighted by Gasteiger charge is 2.33. The SMILES string of the molecule is CCOc1ccc(S(=O)(=O)N2CCC[C@H](C(=O)Nc3ccc(Br)cc3)C2)cc1. The molecule has 1 fully saturated rings. The van der Waals surface area contributed by atoms with E-state index < -0.39 is 10.0 Å². The number of anilines is 1. The Morgan fingerprint density at radius 3 is 2.50 bits per heavy atom. The lowest BCUT2D eigenvalue weighted by Crippen LogP contribution is -2.43. The minimum Gasteiger partial charge on any atom is -0.494 e. The number of hydrogen-bond acceptors (Lipinski definition) is 4. The van der Waals surface area contributed by atoms with E-state index in [4.69, 9.17) is 4.74 Å². The molecule has 1 heterocycles. The molecule has 2 aromatic rings. The van der Waals surface area contributed by atoms with Gasteiger partial charge in [0.1, 0.15) is 5.75 Å². The summed E-state index contributed by atoms with van der Waals surface area (Å²) >= 11 is 3.36. The fourth-order valence-electron chi connectivity index (χ4n) is 3.18. The molecule has 2 aromatic carbocycles. The van der Waals surface area contributed by atoms with Crippen LogP contribution >= 0.6 is 15.9 Å². The molecular weight excluding hydrogens is 444 g/mol. The van der Waals surface area contributed by atoms with E-state index in [-0.39, 0.29) is 23.3 Å². The van der Waals surface area contributed by atoms with Crippen molar-refractivity contribution in [2.75, 3.05) is 25.0 Å². The number of nitrogens with one attached hydrogen (secondary N) is 1.